The highest BCUT2D eigenvalue weighted by molar-refractivity contribution is 6.02. The van der Waals surface area contributed by atoms with Gasteiger partial charge in [-0.3, -0.25) is 4.79 Å². The highest BCUT2D eigenvalue weighted by atomic mass is 16.6. The number of methoxy groups -OCH3 is 1. The molecule has 7 heteroatoms. The molecular formula is C23H20N2O5. The van der Waals surface area contributed by atoms with Crippen LogP contribution in [0.5, 0.6) is 17.4 Å². The van der Waals surface area contributed by atoms with Gasteiger partial charge < -0.3 is 19.5 Å². The quantitative estimate of drug-likeness (QED) is 0.647. The van der Waals surface area contributed by atoms with Gasteiger partial charge in [0.2, 0.25) is 5.88 Å². The summed E-state index contributed by atoms with van der Waals surface area (Å²) in [6, 6.07) is 17.5. The van der Waals surface area contributed by atoms with E-state index in [9.17, 15) is 9.59 Å². The monoisotopic (exact) mass is 404 g/mol. The second kappa shape index (κ2) is 7.87. The summed E-state index contributed by atoms with van der Waals surface area (Å²) in [5, 5.41) is 2.79. The topological polar surface area (TPSA) is 86.8 Å². The zero-order chi connectivity index (χ0) is 21.1. The van der Waals surface area contributed by atoms with Gasteiger partial charge in [-0.05, 0) is 55.0 Å². The van der Waals surface area contributed by atoms with E-state index >= 15 is 0 Å². The van der Waals surface area contributed by atoms with E-state index in [2.05, 4.69) is 10.3 Å². The van der Waals surface area contributed by atoms with Crippen molar-refractivity contribution in [3.05, 3.63) is 78.0 Å². The van der Waals surface area contributed by atoms with E-state index < -0.39 is 17.5 Å². The van der Waals surface area contributed by atoms with E-state index in [1.807, 2.05) is 12.1 Å². The van der Waals surface area contributed by atoms with Gasteiger partial charge >= 0.3 is 5.97 Å². The smallest absolute Gasteiger partial charge is 0.339 e. The van der Waals surface area contributed by atoms with Crippen LogP contribution in [-0.2, 0) is 16.0 Å². The Hall–Kier alpha value is -3.87. The fourth-order valence-corrected chi connectivity index (χ4v) is 3.24. The lowest BCUT2D eigenvalue weighted by atomic mass is 9.89. The summed E-state index contributed by atoms with van der Waals surface area (Å²) >= 11 is 0. The van der Waals surface area contributed by atoms with Gasteiger partial charge in [-0.15, -0.1) is 0 Å². The SMILES string of the molecule is COc1ccc(Oc2ncccc2NC(=O)C2(C)Cc3ccccc3C(=O)O2)cc1. The number of carbonyl (C=O) groups is 2. The Labute approximate surface area is 173 Å². The number of hydrogen-bond donors (Lipinski definition) is 1. The number of nitrogens with zero attached hydrogens (tertiary/aromatic N) is 1. The third-order valence-electron chi connectivity index (χ3n) is 4.86. The first-order chi connectivity index (χ1) is 14.5. The Morgan fingerprint density at radius 1 is 1.07 bits per heavy atom. The molecule has 2 aromatic carbocycles. The van der Waals surface area contributed by atoms with Crippen LogP contribution in [0.15, 0.2) is 66.9 Å². The molecule has 1 N–H and O–H groups in total. The zero-order valence-corrected chi connectivity index (χ0v) is 16.5. The van der Waals surface area contributed by atoms with Crippen molar-refractivity contribution in [1.29, 1.82) is 0 Å². The van der Waals surface area contributed by atoms with Crippen LogP contribution in [-0.4, -0.2) is 29.6 Å². The number of amides is 1. The first kappa shape index (κ1) is 19.4. The molecule has 3 aromatic rings. The molecular weight excluding hydrogens is 384 g/mol. The Morgan fingerprint density at radius 3 is 2.57 bits per heavy atom. The maximum absolute atomic E-state index is 13.0. The van der Waals surface area contributed by atoms with Crippen molar-refractivity contribution in [2.75, 3.05) is 12.4 Å². The lowest BCUT2D eigenvalue weighted by Crippen LogP contribution is -2.48. The molecule has 1 atom stereocenters. The largest absolute Gasteiger partial charge is 0.497 e. The molecule has 0 bridgehead atoms. The van der Waals surface area contributed by atoms with Crippen LogP contribution in [0.2, 0.25) is 0 Å². The molecule has 1 aliphatic rings. The van der Waals surface area contributed by atoms with Gasteiger partial charge in [-0.25, -0.2) is 9.78 Å². The van der Waals surface area contributed by atoms with Crippen LogP contribution >= 0.6 is 0 Å². The minimum atomic E-state index is -1.35. The number of ether oxygens (including phenoxy) is 3. The number of fused-ring (bicyclic) bond motifs is 1. The second-order valence-corrected chi connectivity index (χ2v) is 7.04. The minimum absolute atomic E-state index is 0.224. The number of esters is 1. The number of nitrogens with one attached hydrogen (secondary N) is 1. The number of hydrogen-bond acceptors (Lipinski definition) is 6. The van der Waals surface area contributed by atoms with E-state index in [-0.39, 0.29) is 12.3 Å². The van der Waals surface area contributed by atoms with Gasteiger partial charge in [0.15, 0.2) is 5.60 Å². The van der Waals surface area contributed by atoms with Crippen molar-refractivity contribution >= 4 is 17.6 Å². The van der Waals surface area contributed by atoms with E-state index in [4.69, 9.17) is 14.2 Å². The van der Waals surface area contributed by atoms with Gasteiger partial charge in [0.25, 0.3) is 5.91 Å². The average Bonchev–Trinajstić information content (AvgIpc) is 2.75. The Bertz CT molecular complexity index is 1100. The zero-order valence-electron chi connectivity index (χ0n) is 16.5. The fraction of sp³-hybridized carbons (Fsp3) is 0.174. The van der Waals surface area contributed by atoms with Gasteiger partial charge in [-0.2, -0.15) is 0 Å². The van der Waals surface area contributed by atoms with E-state index in [1.54, 1.807) is 68.8 Å². The van der Waals surface area contributed by atoms with Gasteiger partial charge in [0, 0.05) is 12.6 Å². The molecule has 152 valence electrons. The van der Waals surface area contributed by atoms with Crippen molar-refractivity contribution in [3.8, 4) is 17.4 Å². The molecule has 0 saturated carbocycles. The molecule has 0 spiro atoms. The molecule has 1 aliphatic heterocycles. The standard InChI is InChI=1S/C23H20N2O5/c1-23(14-15-6-3-4-7-18(15)21(26)30-23)22(27)25-19-8-5-13-24-20(19)29-17-11-9-16(28-2)10-12-17/h3-13H,14H2,1-2H3,(H,25,27). The summed E-state index contributed by atoms with van der Waals surface area (Å²) in [7, 11) is 1.58. The van der Waals surface area contributed by atoms with Crippen LogP contribution in [0, 0.1) is 0 Å². The van der Waals surface area contributed by atoms with E-state index in [0.717, 1.165) is 5.56 Å². The maximum Gasteiger partial charge on any atom is 0.339 e. The average molecular weight is 404 g/mol. The predicted molar refractivity (Wildman–Crippen MR) is 110 cm³/mol. The number of rotatable bonds is 5. The summed E-state index contributed by atoms with van der Waals surface area (Å²) in [5.74, 6) is 0.480. The summed E-state index contributed by atoms with van der Waals surface area (Å²) in [6.07, 6.45) is 1.84. The summed E-state index contributed by atoms with van der Waals surface area (Å²) < 4.78 is 16.4. The Kier molecular flexibility index (Phi) is 5.10. The van der Waals surface area contributed by atoms with Crippen molar-refractivity contribution < 1.29 is 23.8 Å². The molecule has 30 heavy (non-hydrogen) atoms. The Morgan fingerprint density at radius 2 is 1.80 bits per heavy atom. The second-order valence-electron chi connectivity index (χ2n) is 7.04. The molecule has 1 amide bonds. The molecule has 0 saturated heterocycles. The summed E-state index contributed by atoms with van der Waals surface area (Å²) in [6.45, 7) is 1.59. The van der Waals surface area contributed by atoms with Crippen LogP contribution < -0.4 is 14.8 Å². The van der Waals surface area contributed by atoms with Crippen LogP contribution in [0.4, 0.5) is 5.69 Å². The van der Waals surface area contributed by atoms with Gasteiger partial charge in [-0.1, -0.05) is 18.2 Å². The lowest BCUT2D eigenvalue weighted by molar-refractivity contribution is -0.134. The first-order valence-electron chi connectivity index (χ1n) is 9.38. The summed E-state index contributed by atoms with van der Waals surface area (Å²) in [5.41, 5.74) is 0.271. The normalized spacial score (nSPS) is 17.5. The third kappa shape index (κ3) is 3.82. The number of cyclic esters (lactones) is 1. The predicted octanol–water partition coefficient (Wildman–Crippen LogP) is 3.99. The van der Waals surface area contributed by atoms with Crippen LogP contribution in [0.3, 0.4) is 0 Å². The lowest BCUT2D eigenvalue weighted by Gasteiger charge is -2.33. The molecule has 0 radical (unpaired) electrons. The number of benzene rings is 2. The molecule has 0 fully saturated rings. The number of pyridine rings is 1. The van der Waals surface area contributed by atoms with Crippen LogP contribution in [0.1, 0.15) is 22.8 Å². The van der Waals surface area contributed by atoms with E-state index in [0.29, 0.717) is 22.7 Å². The van der Waals surface area contributed by atoms with Crippen LogP contribution in [0.25, 0.3) is 0 Å². The van der Waals surface area contributed by atoms with Crippen molar-refractivity contribution in [3.63, 3.8) is 0 Å². The summed E-state index contributed by atoms with van der Waals surface area (Å²) in [4.78, 5) is 29.6. The molecule has 0 aliphatic carbocycles. The number of carbonyl (C=O) groups excluding carboxylic acids is 2. The highest BCUT2D eigenvalue weighted by Crippen LogP contribution is 2.32. The molecule has 7 nitrogen and oxygen atoms in total. The third-order valence-corrected chi connectivity index (χ3v) is 4.86. The van der Waals surface area contributed by atoms with E-state index in [1.165, 1.54) is 0 Å². The highest BCUT2D eigenvalue weighted by Gasteiger charge is 2.42. The number of aromatic nitrogens is 1. The van der Waals surface area contributed by atoms with Crippen molar-refractivity contribution in [2.24, 2.45) is 0 Å². The molecule has 4 rings (SSSR count). The fourth-order valence-electron chi connectivity index (χ4n) is 3.24. The maximum atomic E-state index is 13.0. The van der Waals surface area contributed by atoms with Gasteiger partial charge in [0.05, 0.1) is 12.7 Å². The van der Waals surface area contributed by atoms with Crippen molar-refractivity contribution in [2.45, 2.75) is 18.9 Å². The molecule has 2 heterocycles. The van der Waals surface area contributed by atoms with Crippen molar-refractivity contribution in [1.82, 2.24) is 4.98 Å². The van der Waals surface area contributed by atoms with Gasteiger partial charge in [0.1, 0.15) is 17.2 Å². The Balaban J connectivity index is 1.54. The minimum Gasteiger partial charge on any atom is -0.497 e. The molecule has 1 aromatic heterocycles. The number of anilines is 1. The molecule has 1 unspecified atom stereocenters. The first-order valence-corrected chi connectivity index (χ1v) is 9.38.